The van der Waals surface area contributed by atoms with E-state index in [9.17, 15) is 4.79 Å². The number of methoxy groups -OCH3 is 1. The molecule has 0 saturated carbocycles. The second-order valence-corrected chi connectivity index (χ2v) is 5.52. The molecule has 2 amide bonds. The summed E-state index contributed by atoms with van der Waals surface area (Å²) in [6.45, 7) is 3.32. The van der Waals surface area contributed by atoms with E-state index in [2.05, 4.69) is 41.8 Å². The summed E-state index contributed by atoms with van der Waals surface area (Å²) in [4.78, 5) is 11.7. The molecule has 4 heteroatoms. The van der Waals surface area contributed by atoms with Gasteiger partial charge in [0.1, 0.15) is 5.75 Å². The fraction of sp³-hybridized carbons (Fsp3) is 0.316. The Morgan fingerprint density at radius 2 is 1.35 bits per heavy atom. The van der Waals surface area contributed by atoms with E-state index >= 15 is 0 Å². The number of ether oxygens (including phenoxy) is 1. The van der Waals surface area contributed by atoms with Gasteiger partial charge in [-0.25, -0.2) is 4.79 Å². The molecule has 0 saturated heterocycles. The minimum Gasteiger partial charge on any atom is -0.497 e. The minimum atomic E-state index is -0.120. The van der Waals surface area contributed by atoms with Crippen molar-refractivity contribution in [2.45, 2.75) is 19.8 Å². The first-order valence-electron chi connectivity index (χ1n) is 7.87. The van der Waals surface area contributed by atoms with E-state index < -0.39 is 0 Å². The number of carbonyl (C=O) groups excluding carboxylic acids is 1. The van der Waals surface area contributed by atoms with Gasteiger partial charge in [-0.3, -0.25) is 0 Å². The number of amides is 2. The summed E-state index contributed by atoms with van der Waals surface area (Å²) in [7, 11) is 1.65. The molecule has 2 aromatic rings. The molecule has 0 fully saturated rings. The van der Waals surface area contributed by atoms with Gasteiger partial charge in [0, 0.05) is 13.1 Å². The van der Waals surface area contributed by atoms with Crippen molar-refractivity contribution in [2.75, 3.05) is 20.2 Å². The van der Waals surface area contributed by atoms with Crippen LogP contribution in [-0.2, 0) is 12.8 Å². The zero-order valence-electron chi connectivity index (χ0n) is 13.8. The Balaban J connectivity index is 1.62. The van der Waals surface area contributed by atoms with Crippen molar-refractivity contribution in [3.8, 4) is 5.75 Å². The number of hydrogen-bond donors (Lipinski definition) is 2. The Morgan fingerprint density at radius 1 is 0.870 bits per heavy atom. The van der Waals surface area contributed by atoms with Gasteiger partial charge in [-0.15, -0.1) is 0 Å². The topological polar surface area (TPSA) is 50.4 Å². The second-order valence-electron chi connectivity index (χ2n) is 5.52. The number of urea groups is 1. The molecule has 0 unspecified atom stereocenters. The zero-order chi connectivity index (χ0) is 16.5. The van der Waals surface area contributed by atoms with E-state index in [-0.39, 0.29) is 6.03 Å². The maximum absolute atomic E-state index is 11.7. The van der Waals surface area contributed by atoms with Crippen molar-refractivity contribution >= 4 is 6.03 Å². The highest BCUT2D eigenvalue weighted by atomic mass is 16.5. The smallest absolute Gasteiger partial charge is 0.314 e. The van der Waals surface area contributed by atoms with E-state index in [4.69, 9.17) is 4.74 Å². The molecule has 2 aromatic carbocycles. The molecule has 23 heavy (non-hydrogen) atoms. The second kappa shape index (κ2) is 8.83. The van der Waals surface area contributed by atoms with Gasteiger partial charge in [0.05, 0.1) is 7.11 Å². The number of benzene rings is 2. The highest BCUT2D eigenvalue weighted by molar-refractivity contribution is 5.73. The SMILES string of the molecule is COc1ccc(CCNC(=O)NCCc2ccc(C)cc2)cc1. The first-order valence-corrected chi connectivity index (χ1v) is 7.87. The molecule has 0 aliphatic heterocycles. The van der Waals surface area contributed by atoms with E-state index in [1.54, 1.807) is 7.11 Å². The van der Waals surface area contributed by atoms with Crippen molar-refractivity contribution in [1.82, 2.24) is 10.6 Å². The van der Waals surface area contributed by atoms with Gasteiger partial charge < -0.3 is 15.4 Å². The molecule has 0 atom stereocenters. The van der Waals surface area contributed by atoms with Gasteiger partial charge >= 0.3 is 6.03 Å². The number of carbonyl (C=O) groups is 1. The highest BCUT2D eigenvalue weighted by Gasteiger charge is 2.00. The summed E-state index contributed by atoms with van der Waals surface area (Å²) in [5.41, 5.74) is 3.65. The Bertz CT molecular complexity index is 606. The summed E-state index contributed by atoms with van der Waals surface area (Å²) >= 11 is 0. The van der Waals surface area contributed by atoms with Crippen LogP contribution in [0.4, 0.5) is 4.79 Å². The van der Waals surface area contributed by atoms with Crippen molar-refractivity contribution in [3.63, 3.8) is 0 Å². The van der Waals surface area contributed by atoms with Crippen molar-refractivity contribution in [1.29, 1.82) is 0 Å². The lowest BCUT2D eigenvalue weighted by Crippen LogP contribution is -2.37. The standard InChI is InChI=1S/C19H24N2O2/c1-15-3-5-16(6-4-15)11-13-20-19(22)21-14-12-17-7-9-18(23-2)10-8-17/h3-10H,11-14H2,1-2H3,(H2,20,21,22). The zero-order valence-corrected chi connectivity index (χ0v) is 13.8. The molecule has 2 rings (SSSR count). The first-order chi connectivity index (χ1) is 11.2. The molecule has 4 nitrogen and oxygen atoms in total. The maximum atomic E-state index is 11.7. The summed E-state index contributed by atoms with van der Waals surface area (Å²) in [6, 6.07) is 16.1. The van der Waals surface area contributed by atoms with E-state index in [1.165, 1.54) is 16.7 Å². The molecule has 0 aromatic heterocycles. The Kier molecular flexibility index (Phi) is 6.48. The van der Waals surface area contributed by atoms with Crippen LogP contribution in [0, 0.1) is 6.92 Å². The van der Waals surface area contributed by atoms with Crippen LogP contribution < -0.4 is 15.4 Å². The van der Waals surface area contributed by atoms with Crippen LogP contribution in [0.15, 0.2) is 48.5 Å². The van der Waals surface area contributed by atoms with Gasteiger partial charge in [0.15, 0.2) is 0 Å². The van der Waals surface area contributed by atoms with Gasteiger partial charge in [-0.1, -0.05) is 42.0 Å². The van der Waals surface area contributed by atoms with Gasteiger partial charge in [-0.2, -0.15) is 0 Å². The first kappa shape index (κ1) is 16.9. The fourth-order valence-electron chi connectivity index (χ4n) is 2.25. The molecule has 0 spiro atoms. The quantitative estimate of drug-likeness (QED) is 0.825. The summed E-state index contributed by atoms with van der Waals surface area (Å²) in [5.74, 6) is 0.843. The minimum absolute atomic E-state index is 0.120. The van der Waals surface area contributed by atoms with Crippen LogP contribution >= 0.6 is 0 Å². The predicted octanol–water partition coefficient (Wildman–Crippen LogP) is 3.09. The highest BCUT2D eigenvalue weighted by Crippen LogP contribution is 2.11. The number of rotatable bonds is 7. The molecular formula is C19H24N2O2. The third-order valence-corrected chi connectivity index (χ3v) is 3.68. The van der Waals surface area contributed by atoms with Crippen molar-refractivity contribution < 1.29 is 9.53 Å². The summed E-state index contributed by atoms with van der Waals surface area (Å²) in [5, 5.41) is 5.75. The average molecular weight is 312 g/mol. The molecule has 0 heterocycles. The number of hydrogen-bond acceptors (Lipinski definition) is 2. The fourth-order valence-corrected chi connectivity index (χ4v) is 2.25. The van der Waals surface area contributed by atoms with Crippen molar-refractivity contribution in [3.05, 3.63) is 65.2 Å². The van der Waals surface area contributed by atoms with Gasteiger partial charge in [0.25, 0.3) is 0 Å². The number of nitrogens with one attached hydrogen (secondary N) is 2. The van der Waals surface area contributed by atoms with Gasteiger partial charge in [0.2, 0.25) is 0 Å². The lowest BCUT2D eigenvalue weighted by Gasteiger charge is -2.08. The van der Waals surface area contributed by atoms with E-state index in [0.29, 0.717) is 13.1 Å². The summed E-state index contributed by atoms with van der Waals surface area (Å²) < 4.78 is 5.12. The van der Waals surface area contributed by atoms with Crippen LogP contribution in [0.5, 0.6) is 5.75 Å². The van der Waals surface area contributed by atoms with Crippen LogP contribution in [0.25, 0.3) is 0 Å². The Hall–Kier alpha value is -2.49. The molecular weight excluding hydrogens is 288 g/mol. The monoisotopic (exact) mass is 312 g/mol. The molecule has 0 aliphatic carbocycles. The largest absolute Gasteiger partial charge is 0.497 e. The van der Waals surface area contributed by atoms with E-state index in [1.807, 2.05) is 24.3 Å². The Labute approximate surface area is 137 Å². The molecule has 2 N–H and O–H groups in total. The predicted molar refractivity (Wildman–Crippen MR) is 93.0 cm³/mol. The van der Waals surface area contributed by atoms with Crippen molar-refractivity contribution in [2.24, 2.45) is 0 Å². The Morgan fingerprint density at radius 3 is 1.83 bits per heavy atom. The lowest BCUT2D eigenvalue weighted by molar-refractivity contribution is 0.241. The van der Waals surface area contributed by atoms with Crippen LogP contribution in [0.3, 0.4) is 0 Å². The molecule has 0 aliphatic rings. The third kappa shape index (κ3) is 6.02. The third-order valence-electron chi connectivity index (χ3n) is 3.68. The maximum Gasteiger partial charge on any atom is 0.314 e. The number of aryl methyl sites for hydroxylation is 1. The van der Waals surface area contributed by atoms with Crippen LogP contribution in [-0.4, -0.2) is 26.2 Å². The van der Waals surface area contributed by atoms with Crippen LogP contribution in [0.1, 0.15) is 16.7 Å². The molecule has 0 radical (unpaired) electrons. The summed E-state index contributed by atoms with van der Waals surface area (Å²) in [6.07, 6.45) is 1.64. The van der Waals surface area contributed by atoms with Gasteiger partial charge in [-0.05, 0) is 43.0 Å². The van der Waals surface area contributed by atoms with E-state index in [0.717, 1.165) is 18.6 Å². The lowest BCUT2D eigenvalue weighted by atomic mass is 10.1. The normalized spacial score (nSPS) is 10.2. The molecule has 122 valence electrons. The molecule has 0 bridgehead atoms. The van der Waals surface area contributed by atoms with Crippen LogP contribution in [0.2, 0.25) is 0 Å². The average Bonchev–Trinajstić information content (AvgIpc) is 2.57.